The van der Waals surface area contributed by atoms with E-state index in [1.165, 1.54) is 4.70 Å². The van der Waals surface area contributed by atoms with E-state index >= 15 is 0 Å². The number of thioether (sulfide) groups is 1. The Labute approximate surface area is 132 Å². The lowest BCUT2D eigenvalue weighted by molar-refractivity contribution is -0.149. The van der Waals surface area contributed by atoms with Gasteiger partial charge < -0.3 is 10.5 Å². The molecule has 1 aliphatic rings. The molecular weight excluding hydrogens is 304 g/mol. The van der Waals surface area contributed by atoms with Crippen molar-refractivity contribution in [2.24, 2.45) is 5.73 Å². The van der Waals surface area contributed by atoms with Gasteiger partial charge in [0.15, 0.2) is 4.34 Å². The van der Waals surface area contributed by atoms with Crippen molar-refractivity contribution in [1.29, 1.82) is 0 Å². The Morgan fingerprint density at radius 2 is 2.38 bits per heavy atom. The van der Waals surface area contributed by atoms with E-state index in [9.17, 15) is 4.79 Å². The summed E-state index contributed by atoms with van der Waals surface area (Å²) in [6.07, 6.45) is 2.27. The molecule has 0 bridgehead atoms. The highest BCUT2D eigenvalue weighted by atomic mass is 32.2. The first kappa shape index (κ1) is 14.8. The summed E-state index contributed by atoms with van der Waals surface area (Å²) in [5.74, 6) is -0.266. The molecule has 1 fully saturated rings. The molecule has 2 N–H and O–H groups in total. The minimum Gasteiger partial charge on any atom is -0.465 e. The number of ether oxygens (including phenoxy) is 1. The van der Waals surface area contributed by atoms with Crippen LogP contribution in [0.15, 0.2) is 28.6 Å². The molecule has 1 heterocycles. The van der Waals surface area contributed by atoms with Gasteiger partial charge in [-0.1, -0.05) is 23.9 Å². The molecule has 0 saturated heterocycles. The van der Waals surface area contributed by atoms with Crippen LogP contribution in [0.2, 0.25) is 0 Å². The van der Waals surface area contributed by atoms with Crippen molar-refractivity contribution in [2.75, 3.05) is 6.61 Å². The molecule has 0 aliphatic heterocycles. The second kappa shape index (κ2) is 5.94. The van der Waals surface area contributed by atoms with Crippen LogP contribution >= 0.6 is 23.1 Å². The Bertz CT molecular complexity index is 625. The van der Waals surface area contributed by atoms with E-state index in [4.69, 9.17) is 10.5 Å². The number of hydrogen-bond acceptors (Lipinski definition) is 6. The number of nitrogens with two attached hydrogens (primary N) is 1. The zero-order valence-electron chi connectivity index (χ0n) is 11.9. The van der Waals surface area contributed by atoms with Crippen LogP contribution in [-0.4, -0.2) is 28.3 Å². The van der Waals surface area contributed by atoms with Crippen LogP contribution in [0.3, 0.4) is 0 Å². The first-order valence-electron chi connectivity index (χ1n) is 7.09. The lowest BCUT2D eigenvalue weighted by atomic mass is 10.00. The molecule has 21 heavy (non-hydrogen) atoms. The van der Waals surface area contributed by atoms with Crippen molar-refractivity contribution in [2.45, 2.75) is 41.3 Å². The summed E-state index contributed by atoms with van der Waals surface area (Å²) in [6.45, 7) is 2.19. The van der Waals surface area contributed by atoms with Gasteiger partial charge in [-0.15, -0.1) is 11.3 Å². The molecule has 4 nitrogen and oxygen atoms in total. The number of carbonyl (C=O) groups is 1. The second-order valence-corrected chi connectivity index (χ2v) is 7.88. The highest BCUT2D eigenvalue weighted by Crippen LogP contribution is 2.41. The highest BCUT2D eigenvalue weighted by Gasteiger charge is 2.43. The van der Waals surface area contributed by atoms with Gasteiger partial charge in [0.1, 0.15) is 5.54 Å². The first-order chi connectivity index (χ1) is 10.1. The van der Waals surface area contributed by atoms with Gasteiger partial charge in [-0.3, -0.25) is 4.79 Å². The maximum absolute atomic E-state index is 11.9. The molecule has 1 aliphatic carbocycles. The van der Waals surface area contributed by atoms with Gasteiger partial charge >= 0.3 is 5.97 Å². The van der Waals surface area contributed by atoms with Crippen LogP contribution in [0, 0.1) is 0 Å². The summed E-state index contributed by atoms with van der Waals surface area (Å²) in [5, 5.41) is 0.333. The number of esters is 1. The van der Waals surface area contributed by atoms with Gasteiger partial charge in [0.05, 0.1) is 16.8 Å². The number of fused-ring (bicyclic) bond motifs is 1. The fourth-order valence-corrected chi connectivity index (χ4v) is 5.25. The predicted octanol–water partition coefficient (Wildman–Crippen LogP) is 3.20. The minimum atomic E-state index is -0.815. The SMILES string of the molecule is CCOC(=O)C1(N)CCC(Sc2nc3ccccc3s2)C1. The Morgan fingerprint density at radius 1 is 1.57 bits per heavy atom. The lowest BCUT2D eigenvalue weighted by Gasteiger charge is -2.21. The Morgan fingerprint density at radius 3 is 3.14 bits per heavy atom. The van der Waals surface area contributed by atoms with Gasteiger partial charge in [0.25, 0.3) is 0 Å². The van der Waals surface area contributed by atoms with Gasteiger partial charge in [-0.05, 0) is 38.3 Å². The van der Waals surface area contributed by atoms with Crippen LogP contribution in [0.4, 0.5) is 0 Å². The highest BCUT2D eigenvalue weighted by molar-refractivity contribution is 8.01. The average molecular weight is 322 g/mol. The van der Waals surface area contributed by atoms with Crippen molar-refractivity contribution < 1.29 is 9.53 Å². The van der Waals surface area contributed by atoms with Crippen molar-refractivity contribution >= 4 is 39.3 Å². The van der Waals surface area contributed by atoms with Gasteiger partial charge in [-0.25, -0.2) is 4.98 Å². The van der Waals surface area contributed by atoms with E-state index in [0.717, 1.165) is 16.3 Å². The maximum Gasteiger partial charge on any atom is 0.326 e. The fourth-order valence-electron chi connectivity index (χ4n) is 2.63. The Hall–Kier alpha value is -1.11. The third-order valence-corrected chi connectivity index (χ3v) is 6.13. The largest absolute Gasteiger partial charge is 0.465 e. The summed E-state index contributed by atoms with van der Waals surface area (Å²) in [7, 11) is 0. The standard InChI is InChI=1S/C15H18N2O2S2/c1-2-19-13(18)15(16)8-7-10(9-15)20-14-17-11-5-3-4-6-12(11)21-14/h3-6,10H,2,7-9,16H2,1H3. The van der Waals surface area contributed by atoms with Crippen LogP contribution in [0.5, 0.6) is 0 Å². The summed E-state index contributed by atoms with van der Waals surface area (Å²) in [4.78, 5) is 16.6. The number of para-hydroxylation sites is 1. The van der Waals surface area contributed by atoms with E-state index < -0.39 is 5.54 Å². The van der Waals surface area contributed by atoms with E-state index in [-0.39, 0.29) is 5.97 Å². The molecule has 2 aromatic rings. The minimum absolute atomic E-state index is 0.266. The van der Waals surface area contributed by atoms with Gasteiger partial charge in [0.2, 0.25) is 0 Å². The van der Waals surface area contributed by atoms with Crippen molar-refractivity contribution in [1.82, 2.24) is 4.98 Å². The lowest BCUT2D eigenvalue weighted by Crippen LogP contribution is -2.47. The number of carbonyl (C=O) groups excluding carboxylic acids is 1. The molecule has 0 spiro atoms. The normalized spacial score (nSPS) is 25.3. The molecule has 1 saturated carbocycles. The monoisotopic (exact) mass is 322 g/mol. The number of aromatic nitrogens is 1. The molecule has 2 unspecified atom stereocenters. The number of nitrogens with zero attached hydrogens (tertiary/aromatic N) is 1. The summed E-state index contributed by atoms with van der Waals surface area (Å²) in [5.41, 5.74) is 6.42. The zero-order chi connectivity index (χ0) is 14.9. The van der Waals surface area contributed by atoms with Crippen LogP contribution in [0.25, 0.3) is 10.2 Å². The van der Waals surface area contributed by atoms with Crippen LogP contribution < -0.4 is 5.73 Å². The molecule has 0 radical (unpaired) electrons. The molecule has 2 atom stereocenters. The van der Waals surface area contributed by atoms with Gasteiger partial charge in [0, 0.05) is 5.25 Å². The molecule has 6 heteroatoms. The molecule has 1 aromatic heterocycles. The van der Waals surface area contributed by atoms with E-state index in [1.807, 2.05) is 25.1 Å². The molecule has 3 rings (SSSR count). The number of thiazole rings is 1. The number of rotatable bonds is 4. The van der Waals surface area contributed by atoms with Gasteiger partial charge in [-0.2, -0.15) is 0 Å². The van der Waals surface area contributed by atoms with E-state index in [1.54, 1.807) is 23.1 Å². The van der Waals surface area contributed by atoms with Crippen molar-refractivity contribution in [3.8, 4) is 0 Å². The Kier molecular flexibility index (Phi) is 4.19. The quantitative estimate of drug-likeness (QED) is 0.876. The van der Waals surface area contributed by atoms with Crippen LogP contribution in [0.1, 0.15) is 26.2 Å². The summed E-state index contributed by atoms with van der Waals surface area (Å²) >= 11 is 3.43. The van der Waals surface area contributed by atoms with E-state index in [2.05, 4.69) is 11.1 Å². The fraction of sp³-hybridized carbons (Fsp3) is 0.467. The van der Waals surface area contributed by atoms with Crippen LogP contribution in [-0.2, 0) is 9.53 Å². The zero-order valence-corrected chi connectivity index (χ0v) is 13.5. The third kappa shape index (κ3) is 3.07. The van der Waals surface area contributed by atoms with E-state index in [0.29, 0.717) is 24.7 Å². The summed E-state index contributed by atoms with van der Waals surface area (Å²) < 4.78 is 7.34. The average Bonchev–Trinajstić information content (AvgIpc) is 3.03. The van der Waals surface area contributed by atoms with Crippen molar-refractivity contribution in [3.63, 3.8) is 0 Å². The predicted molar refractivity (Wildman–Crippen MR) is 86.7 cm³/mol. The van der Waals surface area contributed by atoms with Crippen molar-refractivity contribution in [3.05, 3.63) is 24.3 Å². The first-order valence-corrected chi connectivity index (χ1v) is 8.79. The maximum atomic E-state index is 11.9. The Balaban J connectivity index is 1.68. The topological polar surface area (TPSA) is 65.2 Å². The molecular formula is C15H18N2O2S2. The second-order valence-electron chi connectivity index (χ2n) is 5.31. The smallest absolute Gasteiger partial charge is 0.326 e. The molecule has 1 aromatic carbocycles. The third-order valence-electron chi connectivity index (χ3n) is 3.73. The number of benzene rings is 1. The molecule has 112 valence electrons. The summed E-state index contributed by atoms with van der Waals surface area (Å²) in [6, 6.07) is 8.13. The molecule has 0 amide bonds. The number of hydrogen-bond donors (Lipinski definition) is 1.